The van der Waals surface area contributed by atoms with Crippen LogP contribution in [0, 0.1) is 6.92 Å². The summed E-state index contributed by atoms with van der Waals surface area (Å²) in [4.78, 5) is 2.43. The number of hydrogen-bond acceptors (Lipinski definition) is 1. The molecule has 0 aromatic heterocycles. The van der Waals surface area contributed by atoms with Crippen LogP contribution in [0.25, 0.3) is 16.7 Å². The van der Waals surface area contributed by atoms with Gasteiger partial charge in [0.25, 0.3) is 0 Å². The van der Waals surface area contributed by atoms with Crippen molar-refractivity contribution in [3.05, 3.63) is 251 Å². The smallest absolute Gasteiger partial charge is 0.0444 e. The molecule has 1 unspecified atom stereocenters. The van der Waals surface area contributed by atoms with Crippen LogP contribution in [0.5, 0.6) is 0 Å². The van der Waals surface area contributed by atoms with Gasteiger partial charge < -0.3 is 4.90 Å². The lowest BCUT2D eigenvalue weighted by Gasteiger charge is -2.32. The minimum absolute atomic E-state index is 0.0285. The molecule has 0 radical (unpaired) electrons. The van der Waals surface area contributed by atoms with Gasteiger partial charge in [-0.3, -0.25) is 0 Å². The summed E-state index contributed by atoms with van der Waals surface area (Å²) in [6, 6.07) is 22.6. The van der Waals surface area contributed by atoms with Crippen molar-refractivity contribution in [3.8, 4) is 11.1 Å². The normalized spacial score (nSPS) is 19.7. The highest BCUT2D eigenvalue weighted by Gasteiger charge is 2.43. The Morgan fingerprint density at radius 1 is 0.831 bits per heavy atom. The molecule has 3 aromatic rings. The number of nitrogens with zero attached hydrogens (tertiary/aromatic N) is 1. The van der Waals surface area contributed by atoms with Crippen molar-refractivity contribution in [2.24, 2.45) is 0 Å². The predicted molar refractivity (Wildman–Crippen MR) is 258 cm³/mol. The maximum atomic E-state index is 4.48. The van der Waals surface area contributed by atoms with Gasteiger partial charge in [-0.25, -0.2) is 0 Å². The maximum absolute atomic E-state index is 4.48. The van der Waals surface area contributed by atoms with E-state index in [2.05, 4.69) is 224 Å². The second-order valence-electron chi connectivity index (χ2n) is 16.5. The van der Waals surface area contributed by atoms with Gasteiger partial charge in [-0.15, -0.1) is 0 Å². The fourth-order valence-corrected chi connectivity index (χ4v) is 9.85. The number of rotatable bonds is 13. The molecule has 0 saturated carbocycles. The molecule has 0 bridgehead atoms. The molecule has 7 rings (SSSR count). The van der Waals surface area contributed by atoms with E-state index in [0.717, 1.165) is 41.7 Å². The standard InChI is InChI=1S/C58H59N/c1-10-24-44(47(25-11-2)52(13-4)58(9)54-34-21-19-31-49(54)51-32-22-26-42(6)56(51)58)29-23-39-59(45(12-3)36-35-41(5)43-27-16-14-15-17-28-43)46-37-38-50-48-30-18-20-33-53(48)57(7,8)55(50)40-46/h10-19,21-27,29-32,34-38,40H,1,4-5,20,28,33,39H2,2-3,6-9H3/b25-11-,29-23-,36-35-,44-24+,45-12+,52-47-. The first-order valence-corrected chi connectivity index (χ1v) is 21.2. The van der Waals surface area contributed by atoms with E-state index in [9.17, 15) is 0 Å². The van der Waals surface area contributed by atoms with Gasteiger partial charge in [0.05, 0.1) is 0 Å². The van der Waals surface area contributed by atoms with Gasteiger partial charge in [0.2, 0.25) is 0 Å². The Balaban J connectivity index is 1.31. The maximum Gasteiger partial charge on any atom is 0.0444 e. The summed E-state index contributed by atoms with van der Waals surface area (Å²) in [5.41, 5.74) is 19.7. The van der Waals surface area contributed by atoms with Crippen LogP contribution in [0.1, 0.15) is 81.7 Å². The first kappa shape index (κ1) is 41.0. The third kappa shape index (κ3) is 7.52. The average molecular weight is 770 g/mol. The molecule has 0 fully saturated rings. The summed E-state index contributed by atoms with van der Waals surface area (Å²) in [6.45, 7) is 27.4. The summed E-state index contributed by atoms with van der Waals surface area (Å²) < 4.78 is 0. The SMILES string of the molecule is C=C/C=C(\C=C/CN(C(/C=C\C(=C)C1=CC=CC=CC1)=C/C)c1ccc2c(c1)C(C)(C)C1=C2C=CCC1)C(/C=C\C)=C(/C=C)C1(C)c2ccccc2-c2cccc(C)c21. The lowest BCUT2D eigenvalue weighted by Crippen LogP contribution is -2.25. The molecule has 3 aromatic carbocycles. The molecule has 4 aliphatic carbocycles. The van der Waals surface area contributed by atoms with E-state index >= 15 is 0 Å². The fraction of sp³-hybridized carbons (Fsp3) is 0.207. The molecule has 0 heterocycles. The van der Waals surface area contributed by atoms with Crippen molar-refractivity contribution < 1.29 is 0 Å². The number of fused-ring (bicyclic) bond motifs is 5. The number of aryl methyl sites for hydroxylation is 1. The van der Waals surface area contributed by atoms with Crippen molar-refractivity contribution in [3.63, 3.8) is 0 Å². The van der Waals surface area contributed by atoms with Crippen LogP contribution < -0.4 is 4.90 Å². The molecule has 59 heavy (non-hydrogen) atoms. The van der Waals surface area contributed by atoms with Crippen molar-refractivity contribution in [2.45, 2.75) is 71.6 Å². The predicted octanol–water partition coefficient (Wildman–Crippen LogP) is 15.4. The molecule has 1 nitrogen and oxygen atoms in total. The topological polar surface area (TPSA) is 3.24 Å². The molecule has 296 valence electrons. The van der Waals surface area contributed by atoms with Gasteiger partial charge in [0.1, 0.15) is 0 Å². The number of benzene rings is 3. The Morgan fingerprint density at radius 2 is 1.64 bits per heavy atom. The average Bonchev–Trinajstić information content (AvgIpc) is 3.44. The highest BCUT2D eigenvalue weighted by atomic mass is 15.1. The Kier molecular flexibility index (Phi) is 12.1. The Hall–Kier alpha value is -6.18. The van der Waals surface area contributed by atoms with Crippen molar-refractivity contribution >= 4 is 11.3 Å². The zero-order chi connectivity index (χ0) is 41.7. The van der Waals surface area contributed by atoms with Crippen molar-refractivity contribution in [1.29, 1.82) is 0 Å². The van der Waals surface area contributed by atoms with Crippen LogP contribution in [-0.2, 0) is 10.8 Å². The van der Waals surface area contributed by atoms with Gasteiger partial charge in [-0.1, -0.05) is 185 Å². The fourth-order valence-electron chi connectivity index (χ4n) is 9.85. The Bertz CT molecular complexity index is 2550. The van der Waals surface area contributed by atoms with E-state index in [0.29, 0.717) is 6.54 Å². The van der Waals surface area contributed by atoms with Gasteiger partial charge in [-0.05, 0) is 138 Å². The van der Waals surface area contributed by atoms with Crippen LogP contribution >= 0.6 is 0 Å². The Labute approximate surface area is 354 Å². The van der Waals surface area contributed by atoms with E-state index in [-0.39, 0.29) is 5.41 Å². The molecule has 4 aliphatic rings. The highest BCUT2D eigenvalue weighted by molar-refractivity contribution is 5.88. The van der Waals surface area contributed by atoms with Crippen LogP contribution in [0.4, 0.5) is 5.69 Å². The molecule has 0 saturated heterocycles. The molecule has 0 N–H and O–H groups in total. The van der Waals surface area contributed by atoms with Gasteiger partial charge in [0.15, 0.2) is 0 Å². The van der Waals surface area contributed by atoms with E-state index < -0.39 is 5.41 Å². The van der Waals surface area contributed by atoms with Crippen LogP contribution in [0.2, 0.25) is 0 Å². The van der Waals surface area contributed by atoms with E-state index in [1.165, 1.54) is 61.4 Å². The summed E-state index contributed by atoms with van der Waals surface area (Å²) in [7, 11) is 0. The molecular formula is C58H59N. The molecule has 1 atom stereocenters. The summed E-state index contributed by atoms with van der Waals surface area (Å²) in [6.07, 6.45) is 40.0. The van der Waals surface area contributed by atoms with Crippen molar-refractivity contribution in [1.82, 2.24) is 0 Å². The minimum Gasteiger partial charge on any atom is -0.338 e. The highest BCUT2D eigenvalue weighted by Crippen LogP contribution is 2.55. The quantitative estimate of drug-likeness (QED) is 0.157. The number of anilines is 1. The van der Waals surface area contributed by atoms with Crippen molar-refractivity contribution in [2.75, 3.05) is 11.4 Å². The third-order valence-corrected chi connectivity index (χ3v) is 12.8. The van der Waals surface area contributed by atoms with Gasteiger partial charge in [-0.2, -0.15) is 0 Å². The third-order valence-electron chi connectivity index (χ3n) is 12.8. The number of hydrogen-bond donors (Lipinski definition) is 0. The molecular weight excluding hydrogens is 711 g/mol. The first-order valence-electron chi connectivity index (χ1n) is 21.2. The lowest BCUT2D eigenvalue weighted by molar-refractivity contribution is 0.607. The Morgan fingerprint density at radius 3 is 2.42 bits per heavy atom. The minimum atomic E-state index is -0.405. The zero-order valence-electron chi connectivity index (χ0n) is 36.0. The van der Waals surface area contributed by atoms with Crippen LogP contribution in [0.3, 0.4) is 0 Å². The molecule has 1 heteroatoms. The molecule has 0 aliphatic heterocycles. The summed E-state index contributed by atoms with van der Waals surface area (Å²) >= 11 is 0. The second kappa shape index (κ2) is 17.4. The second-order valence-corrected chi connectivity index (χ2v) is 16.5. The largest absolute Gasteiger partial charge is 0.338 e. The summed E-state index contributed by atoms with van der Waals surface area (Å²) in [5.74, 6) is 0. The summed E-state index contributed by atoms with van der Waals surface area (Å²) in [5, 5.41) is 0. The van der Waals surface area contributed by atoms with E-state index in [4.69, 9.17) is 0 Å². The zero-order valence-corrected chi connectivity index (χ0v) is 36.0. The van der Waals surface area contributed by atoms with Gasteiger partial charge in [0, 0.05) is 28.8 Å². The van der Waals surface area contributed by atoms with Crippen LogP contribution in [0.15, 0.2) is 223 Å². The lowest BCUT2D eigenvalue weighted by atomic mass is 9.70. The number of allylic oxidation sites excluding steroid dienone is 23. The molecule has 0 amide bonds. The van der Waals surface area contributed by atoms with Gasteiger partial charge >= 0.3 is 0 Å². The first-order chi connectivity index (χ1) is 28.6. The van der Waals surface area contributed by atoms with E-state index in [1.807, 2.05) is 6.08 Å². The van der Waals surface area contributed by atoms with Crippen LogP contribution in [-0.4, -0.2) is 6.54 Å². The van der Waals surface area contributed by atoms with E-state index in [1.54, 1.807) is 5.57 Å². The molecule has 0 spiro atoms. The monoisotopic (exact) mass is 769 g/mol.